The van der Waals surface area contributed by atoms with Crippen molar-refractivity contribution in [3.63, 3.8) is 0 Å². The van der Waals surface area contributed by atoms with E-state index in [1.165, 1.54) is 17.1 Å². The molecule has 2 amide bonds. The Balaban J connectivity index is 2.01. The van der Waals surface area contributed by atoms with Crippen LogP contribution in [-0.2, 0) is 11.3 Å². The summed E-state index contributed by atoms with van der Waals surface area (Å²) in [6.07, 6.45) is 2.70. The van der Waals surface area contributed by atoms with Crippen LogP contribution >= 0.6 is 11.6 Å². The molecule has 0 saturated heterocycles. The topological polar surface area (TPSA) is 116 Å². The molecule has 0 atom stereocenters. The highest BCUT2D eigenvalue weighted by molar-refractivity contribution is 6.33. The number of carbonyl (C=O) groups is 2. The summed E-state index contributed by atoms with van der Waals surface area (Å²) in [7, 11) is 0. The molecule has 0 saturated carbocycles. The Bertz CT molecular complexity index is 668. The third-order valence-electron chi connectivity index (χ3n) is 2.50. The van der Waals surface area contributed by atoms with Crippen molar-refractivity contribution in [3.8, 4) is 0 Å². The second-order valence-corrected chi connectivity index (χ2v) is 4.48. The van der Waals surface area contributed by atoms with Gasteiger partial charge in [-0.1, -0.05) is 11.6 Å². The third-order valence-corrected chi connectivity index (χ3v) is 2.85. The van der Waals surface area contributed by atoms with Crippen LogP contribution in [0.5, 0.6) is 0 Å². The molecule has 0 bridgehead atoms. The molecule has 1 heterocycles. The van der Waals surface area contributed by atoms with Crippen molar-refractivity contribution >= 4 is 34.8 Å². The predicted molar refractivity (Wildman–Crippen MR) is 75.2 cm³/mol. The number of hydrogen-bond donors (Lipinski definition) is 3. The minimum atomic E-state index is -0.595. The van der Waals surface area contributed by atoms with Crippen molar-refractivity contribution < 1.29 is 9.59 Å². The van der Waals surface area contributed by atoms with Crippen molar-refractivity contribution in [1.29, 1.82) is 0 Å². The fraction of sp³-hybridized carbons (Fsp3) is 0.0833. The number of amides is 2. The van der Waals surface area contributed by atoms with Crippen molar-refractivity contribution in [2.45, 2.75) is 6.54 Å². The van der Waals surface area contributed by atoms with Gasteiger partial charge in [-0.15, -0.1) is 0 Å². The first kappa shape index (κ1) is 13.9. The highest BCUT2D eigenvalue weighted by atomic mass is 35.5. The Kier molecular flexibility index (Phi) is 3.90. The van der Waals surface area contributed by atoms with Gasteiger partial charge in [0.2, 0.25) is 5.91 Å². The summed E-state index contributed by atoms with van der Waals surface area (Å²) in [5.74, 6) is -0.909. The molecule has 0 aliphatic rings. The smallest absolute Gasteiger partial charge is 0.251 e. The molecule has 0 spiro atoms. The van der Waals surface area contributed by atoms with Crippen LogP contribution in [0.3, 0.4) is 0 Å². The number of carbonyl (C=O) groups excluding carboxylic acids is 2. The van der Waals surface area contributed by atoms with E-state index in [4.69, 9.17) is 23.1 Å². The molecule has 7 nitrogen and oxygen atoms in total. The van der Waals surface area contributed by atoms with Crippen LogP contribution in [0.1, 0.15) is 10.4 Å². The Morgan fingerprint density at radius 2 is 2.15 bits per heavy atom. The standard InChI is InChI=1S/C12H12ClN5O2/c13-9-2-1-8(3-10(9)14)17-11(19)6-18-5-7(4-16-18)12(15)20/h1-5H,6,14H2,(H2,15,20)(H,17,19). The quantitative estimate of drug-likeness (QED) is 0.725. The molecule has 0 aliphatic carbocycles. The maximum Gasteiger partial charge on any atom is 0.251 e. The Labute approximate surface area is 119 Å². The number of benzene rings is 1. The largest absolute Gasteiger partial charge is 0.397 e. The van der Waals surface area contributed by atoms with Crippen molar-refractivity contribution in [3.05, 3.63) is 41.2 Å². The Morgan fingerprint density at radius 1 is 1.40 bits per heavy atom. The summed E-state index contributed by atoms with van der Waals surface area (Å²) in [6.45, 7) is -0.0458. The summed E-state index contributed by atoms with van der Waals surface area (Å²) in [4.78, 5) is 22.7. The average Bonchev–Trinajstić information content (AvgIpc) is 2.82. The Hall–Kier alpha value is -2.54. The lowest BCUT2D eigenvalue weighted by Crippen LogP contribution is -2.19. The fourth-order valence-electron chi connectivity index (χ4n) is 1.55. The molecule has 20 heavy (non-hydrogen) atoms. The van der Waals surface area contributed by atoms with Gasteiger partial charge in [0.25, 0.3) is 5.91 Å². The van der Waals surface area contributed by atoms with Crippen LogP contribution in [0.2, 0.25) is 5.02 Å². The molecular weight excluding hydrogens is 282 g/mol. The number of anilines is 2. The van der Waals surface area contributed by atoms with Gasteiger partial charge in [0, 0.05) is 11.9 Å². The molecule has 8 heteroatoms. The molecule has 0 radical (unpaired) electrons. The molecule has 104 valence electrons. The summed E-state index contributed by atoms with van der Waals surface area (Å²) < 4.78 is 1.31. The second kappa shape index (κ2) is 5.62. The van der Waals surface area contributed by atoms with E-state index >= 15 is 0 Å². The summed E-state index contributed by atoms with van der Waals surface area (Å²) >= 11 is 5.78. The zero-order valence-corrected chi connectivity index (χ0v) is 11.1. The van der Waals surface area contributed by atoms with Crippen LogP contribution in [0, 0.1) is 0 Å². The molecule has 0 aliphatic heterocycles. The number of nitrogen functional groups attached to an aromatic ring is 1. The van der Waals surface area contributed by atoms with Crippen LogP contribution in [-0.4, -0.2) is 21.6 Å². The number of halogens is 1. The van der Waals surface area contributed by atoms with E-state index in [-0.39, 0.29) is 18.0 Å². The first-order chi connectivity index (χ1) is 9.45. The second-order valence-electron chi connectivity index (χ2n) is 4.08. The molecule has 1 aromatic carbocycles. The van der Waals surface area contributed by atoms with Crippen molar-refractivity contribution in [2.24, 2.45) is 5.73 Å². The van der Waals surface area contributed by atoms with E-state index in [0.717, 1.165) is 0 Å². The maximum absolute atomic E-state index is 11.8. The Morgan fingerprint density at radius 3 is 2.75 bits per heavy atom. The van der Waals surface area contributed by atoms with E-state index in [1.807, 2.05) is 0 Å². The first-order valence-electron chi connectivity index (χ1n) is 5.63. The molecular formula is C12H12ClN5O2. The van der Waals surface area contributed by atoms with Gasteiger partial charge in [0.05, 0.1) is 22.5 Å². The van der Waals surface area contributed by atoms with Gasteiger partial charge in [-0.3, -0.25) is 14.3 Å². The van der Waals surface area contributed by atoms with Crippen molar-refractivity contribution in [2.75, 3.05) is 11.1 Å². The van der Waals surface area contributed by atoms with Gasteiger partial charge in [-0.05, 0) is 18.2 Å². The highest BCUT2D eigenvalue weighted by Gasteiger charge is 2.08. The van der Waals surface area contributed by atoms with E-state index < -0.39 is 5.91 Å². The minimum absolute atomic E-state index is 0.0458. The van der Waals surface area contributed by atoms with E-state index in [2.05, 4.69) is 10.4 Å². The van der Waals surface area contributed by atoms with Gasteiger partial charge in [0.15, 0.2) is 0 Å². The van der Waals surface area contributed by atoms with Crippen LogP contribution in [0.4, 0.5) is 11.4 Å². The van der Waals surface area contributed by atoms with Crippen LogP contribution in [0.15, 0.2) is 30.6 Å². The highest BCUT2D eigenvalue weighted by Crippen LogP contribution is 2.22. The van der Waals surface area contributed by atoms with E-state index in [1.54, 1.807) is 18.2 Å². The number of nitrogens with two attached hydrogens (primary N) is 2. The van der Waals surface area contributed by atoms with E-state index in [0.29, 0.717) is 16.4 Å². The predicted octanol–water partition coefficient (Wildman–Crippen LogP) is 0.856. The minimum Gasteiger partial charge on any atom is -0.397 e. The monoisotopic (exact) mass is 293 g/mol. The number of nitrogens with zero attached hydrogens (tertiary/aromatic N) is 2. The lowest BCUT2D eigenvalue weighted by molar-refractivity contribution is -0.116. The molecule has 5 N–H and O–H groups in total. The number of rotatable bonds is 4. The SMILES string of the molecule is NC(=O)c1cnn(CC(=O)Nc2ccc(Cl)c(N)c2)c1. The lowest BCUT2D eigenvalue weighted by Gasteiger charge is -2.07. The molecule has 0 unspecified atom stereocenters. The molecule has 2 rings (SSSR count). The van der Waals surface area contributed by atoms with Gasteiger partial charge in [0.1, 0.15) is 6.54 Å². The normalized spacial score (nSPS) is 10.2. The summed E-state index contributed by atoms with van der Waals surface area (Å²) in [5, 5.41) is 6.92. The fourth-order valence-corrected chi connectivity index (χ4v) is 1.66. The van der Waals surface area contributed by atoms with Gasteiger partial charge in [-0.25, -0.2) is 0 Å². The summed E-state index contributed by atoms with van der Waals surface area (Å²) in [6, 6.07) is 4.78. The lowest BCUT2D eigenvalue weighted by atomic mass is 10.3. The van der Waals surface area contributed by atoms with Gasteiger partial charge < -0.3 is 16.8 Å². The average molecular weight is 294 g/mol. The summed E-state index contributed by atoms with van der Waals surface area (Å²) in [5.41, 5.74) is 11.9. The van der Waals surface area contributed by atoms with Gasteiger partial charge in [-0.2, -0.15) is 5.10 Å². The molecule has 1 aromatic heterocycles. The zero-order chi connectivity index (χ0) is 14.7. The van der Waals surface area contributed by atoms with Gasteiger partial charge >= 0.3 is 0 Å². The first-order valence-corrected chi connectivity index (χ1v) is 6.00. The number of hydrogen-bond acceptors (Lipinski definition) is 4. The molecule has 2 aromatic rings. The number of aromatic nitrogens is 2. The van der Waals surface area contributed by atoms with Crippen molar-refractivity contribution in [1.82, 2.24) is 9.78 Å². The third kappa shape index (κ3) is 3.27. The maximum atomic E-state index is 11.8. The molecule has 0 fully saturated rings. The van der Waals surface area contributed by atoms with Crippen LogP contribution < -0.4 is 16.8 Å². The number of primary amides is 1. The van der Waals surface area contributed by atoms with E-state index in [9.17, 15) is 9.59 Å². The van der Waals surface area contributed by atoms with Crippen LogP contribution in [0.25, 0.3) is 0 Å². The zero-order valence-electron chi connectivity index (χ0n) is 10.3. The number of nitrogens with one attached hydrogen (secondary N) is 1.